The number of carbonyl (C=O) groups is 1. The molecule has 0 bridgehead atoms. The quantitative estimate of drug-likeness (QED) is 0.458. The second-order valence-electron chi connectivity index (χ2n) is 7.77. The number of morpholine rings is 1. The number of likely N-dealkylation sites (tertiary alicyclic amines) is 1. The van der Waals surface area contributed by atoms with E-state index in [1.807, 2.05) is 23.1 Å². The fraction of sp³-hybridized carbons (Fsp3) is 0.619. The van der Waals surface area contributed by atoms with Crippen molar-refractivity contribution in [2.75, 3.05) is 32.9 Å². The highest BCUT2D eigenvalue weighted by molar-refractivity contribution is 5.97. The molecular weight excluding hydrogens is 356 g/mol. The number of nitrogens with two attached hydrogens (primary N) is 1. The molecule has 7 heteroatoms. The van der Waals surface area contributed by atoms with Gasteiger partial charge in [0.05, 0.1) is 13.2 Å². The fourth-order valence-corrected chi connectivity index (χ4v) is 4.04. The van der Waals surface area contributed by atoms with Crippen LogP contribution in [0.5, 0.6) is 0 Å². The molecule has 0 saturated carbocycles. The number of nitrogens with zero attached hydrogens (tertiary/aromatic N) is 3. The Labute approximate surface area is 167 Å². The van der Waals surface area contributed by atoms with Crippen LogP contribution in [0.4, 0.5) is 0 Å². The Morgan fingerprint density at radius 3 is 2.68 bits per heavy atom. The van der Waals surface area contributed by atoms with Gasteiger partial charge < -0.3 is 20.2 Å². The summed E-state index contributed by atoms with van der Waals surface area (Å²) in [6.07, 6.45) is 3.24. The normalized spacial score (nSPS) is 24.2. The number of benzene rings is 1. The van der Waals surface area contributed by atoms with Crippen LogP contribution in [-0.4, -0.2) is 66.5 Å². The summed E-state index contributed by atoms with van der Waals surface area (Å²) in [5.74, 6) is 0.258. The van der Waals surface area contributed by atoms with Crippen molar-refractivity contribution in [2.45, 2.75) is 51.7 Å². The monoisotopic (exact) mass is 388 g/mol. The van der Waals surface area contributed by atoms with Gasteiger partial charge in [-0.1, -0.05) is 23.4 Å². The van der Waals surface area contributed by atoms with Crippen molar-refractivity contribution >= 4 is 11.7 Å². The molecule has 3 rings (SSSR count). The van der Waals surface area contributed by atoms with Crippen molar-refractivity contribution < 1.29 is 14.4 Å². The maximum Gasteiger partial charge on any atom is 0.263 e. The molecule has 0 radical (unpaired) electrons. The Morgan fingerprint density at radius 1 is 1.25 bits per heavy atom. The Hall–Kier alpha value is -2.12. The van der Waals surface area contributed by atoms with Gasteiger partial charge in [0.25, 0.3) is 5.91 Å². The summed E-state index contributed by atoms with van der Waals surface area (Å²) in [6.45, 7) is 8.38. The molecule has 2 unspecified atom stereocenters. The molecule has 2 fully saturated rings. The van der Waals surface area contributed by atoms with E-state index in [4.69, 9.17) is 15.3 Å². The molecule has 0 spiro atoms. The molecule has 2 aliphatic rings. The minimum absolute atomic E-state index is 0.0303. The van der Waals surface area contributed by atoms with Crippen molar-refractivity contribution in [1.82, 2.24) is 9.80 Å². The first-order valence-electron chi connectivity index (χ1n) is 10.2. The number of amidine groups is 1. The molecule has 2 saturated heterocycles. The van der Waals surface area contributed by atoms with Crippen LogP contribution in [0.3, 0.4) is 0 Å². The minimum Gasteiger partial charge on any atom is -0.384 e. The van der Waals surface area contributed by atoms with Gasteiger partial charge in [-0.05, 0) is 44.7 Å². The van der Waals surface area contributed by atoms with Crippen molar-refractivity contribution in [3.63, 3.8) is 0 Å². The lowest BCUT2D eigenvalue weighted by molar-refractivity contribution is -0.142. The van der Waals surface area contributed by atoms with Gasteiger partial charge >= 0.3 is 0 Å². The van der Waals surface area contributed by atoms with Crippen LogP contribution in [0.25, 0.3) is 0 Å². The van der Waals surface area contributed by atoms with Gasteiger partial charge in [-0.15, -0.1) is 0 Å². The summed E-state index contributed by atoms with van der Waals surface area (Å²) in [7, 11) is 0. The molecule has 2 aliphatic heterocycles. The highest BCUT2D eigenvalue weighted by Gasteiger charge is 2.29. The van der Waals surface area contributed by atoms with Crippen LogP contribution < -0.4 is 5.73 Å². The lowest BCUT2D eigenvalue weighted by Crippen LogP contribution is -2.48. The Bertz CT molecular complexity index is 678. The Kier molecular flexibility index (Phi) is 7.28. The predicted octanol–water partition coefficient (Wildman–Crippen LogP) is 1.95. The van der Waals surface area contributed by atoms with Crippen molar-refractivity contribution in [3.8, 4) is 0 Å². The van der Waals surface area contributed by atoms with Gasteiger partial charge in [0.1, 0.15) is 0 Å². The number of carbonyl (C=O) groups excluding carboxylic acids is 1. The van der Waals surface area contributed by atoms with Crippen molar-refractivity contribution in [3.05, 3.63) is 35.4 Å². The van der Waals surface area contributed by atoms with Gasteiger partial charge in [-0.2, -0.15) is 0 Å². The van der Waals surface area contributed by atoms with Crippen LogP contribution >= 0.6 is 0 Å². The zero-order valence-corrected chi connectivity index (χ0v) is 17.0. The summed E-state index contributed by atoms with van der Waals surface area (Å²) in [6, 6.07) is 8.47. The third-order valence-electron chi connectivity index (χ3n) is 5.57. The average molecular weight is 389 g/mol. The van der Waals surface area contributed by atoms with E-state index in [0.717, 1.165) is 51.3 Å². The SMILES string of the molecule is CC1CCCC(C)N1C(=O)CO/N=C(/N)c1cccc(CN2CCOCC2)c1. The number of hydrogen-bond donors (Lipinski definition) is 1. The zero-order chi connectivity index (χ0) is 19.9. The molecular formula is C21H32N4O3. The van der Waals surface area contributed by atoms with E-state index in [-0.39, 0.29) is 30.4 Å². The van der Waals surface area contributed by atoms with E-state index >= 15 is 0 Å². The third-order valence-corrected chi connectivity index (χ3v) is 5.57. The highest BCUT2D eigenvalue weighted by atomic mass is 16.6. The largest absolute Gasteiger partial charge is 0.384 e. The van der Waals surface area contributed by atoms with E-state index in [1.165, 1.54) is 12.0 Å². The van der Waals surface area contributed by atoms with Gasteiger partial charge in [-0.25, -0.2) is 0 Å². The Balaban J connectivity index is 1.54. The highest BCUT2D eigenvalue weighted by Crippen LogP contribution is 2.22. The van der Waals surface area contributed by atoms with Crippen molar-refractivity contribution in [2.24, 2.45) is 10.9 Å². The molecule has 2 atom stereocenters. The van der Waals surface area contributed by atoms with Gasteiger partial charge in [-0.3, -0.25) is 9.69 Å². The first kappa shape index (κ1) is 20.6. The third kappa shape index (κ3) is 5.45. The number of rotatable bonds is 6. The van der Waals surface area contributed by atoms with E-state index in [0.29, 0.717) is 0 Å². The number of oxime groups is 1. The second kappa shape index (κ2) is 9.89. The molecule has 28 heavy (non-hydrogen) atoms. The van der Waals surface area contributed by atoms with E-state index in [9.17, 15) is 4.79 Å². The molecule has 154 valence electrons. The number of piperidine rings is 1. The smallest absolute Gasteiger partial charge is 0.263 e. The van der Waals surface area contributed by atoms with E-state index in [2.05, 4.69) is 30.0 Å². The van der Waals surface area contributed by atoms with Crippen LogP contribution in [0.1, 0.15) is 44.2 Å². The number of ether oxygens (including phenoxy) is 1. The fourth-order valence-electron chi connectivity index (χ4n) is 4.04. The molecule has 2 N–H and O–H groups in total. The first-order valence-corrected chi connectivity index (χ1v) is 10.2. The maximum atomic E-state index is 12.5. The standard InChI is InChI=1S/C21H32N4O3/c1-16-5-3-6-17(2)25(16)20(26)15-28-23-21(22)19-8-4-7-18(13-19)14-24-9-11-27-12-10-24/h4,7-8,13,16-17H,3,5-6,9-12,14-15H2,1-2H3,(H2,22,23). The molecule has 7 nitrogen and oxygen atoms in total. The van der Waals surface area contributed by atoms with Crippen LogP contribution in [-0.2, 0) is 20.9 Å². The van der Waals surface area contributed by atoms with Crippen LogP contribution in [0.15, 0.2) is 29.4 Å². The maximum absolute atomic E-state index is 12.5. The average Bonchev–Trinajstić information content (AvgIpc) is 2.69. The first-order chi connectivity index (χ1) is 13.5. The van der Waals surface area contributed by atoms with Crippen molar-refractivity contribution in [1.29, 1.82) is 0 Å². The van der Waals surface area contributed by atoms with E-state index < -0.39 is 0 Å². The molecule has 1 aromatic carbocycles. The lowest BCUT2D eigenvalue weighted by Gasteiger charge is -2.38. The summed E-state index contributed by atoms with van der Waals surface area (Å²) in [5.41, 5.74) is 8.06. The van der Waals surface area contributed by atoms with Crippen LogP contribution in [0.2, 0.25) is 0 Å². The minimum atomic E-state index is -0.0805. The molecule has 2 heterocycles. The topological polar surface area (TPSA) is 80.4 Å². The summed E-state index contributed by atoms with van der Waals surface area (Å²) < 4.78 is 5.39. The van der Waals surface area contributed by atoms with Crippen LogP contribution in [0, 0.1) is 0 Å². The molecule has 1 aromatic rings. The lowest BCUT2D eigenvalue weighted by atomic mass is 9.97. The Morgan fingerprint density at radius 2 is 1.96 bits per heavy atom. The second-order valence-corrected chi connectivity index (χ2v) is 7.77. The zero-order valence-electron chi connectivity index (χ0n) is 17.0. The summed E-state index contributed by atoms with van der Waals surface area (Å²) in [5, 5.41) is 3.98. The van der Waals surface area contributed by atoms with E-state index in [1.54, 1.807) is 0 Å². The molecule has 0 aromatic heterocycles. The molecule has 0 aliphatic carbocycles. The predicted molar refractivity (Wildman–Crippen MR) is 109 cm³/mol. The summed E-state index contributed by atoms with van der Waals surface area (Å²) >= 11 is 0. The van der Waals surface area contributed by atoms with Gasteiger partial charge in [0.15, 0.2) is 12.4 Å². The number of hydrogen-bond acceptors (Lipinski definition) is 5. The van der Waals surface area contributed by atoms with Gasteiger partial charge in [0, 0.05) is 37.3 Å². The number of amides is 1. The van der Waals surface area contributed by atoms with Gasteiger partial charge in [0.2, 0.25) is 0 Å². The molecule has 1 amide bonds. The summed E-state index contributed by atoms with van der Waals surface area (Å²) in [4.78, 5) is 22.1.